The number of aliphatic hydroxyl groups excluding tert-OH is 1. The van der Waals surface area contributed by atoms with Gasteiger partial charge in [0.25, 0.3) is 0 Å². The zero-order valence-electron chi connectivity index (χ0n) is 9.98. The first-order valence-electron chi connectivity index (χ1n) is 5.75. The van der Waals surface area contributed by atoms with E-state index in [-0.39, 0.29) is 12.5 Å². The molecule has 0 unspecified atom stereocenters. The van der Waals surface area contributed by atoms with Crippen LogP contribution in [0.15, 0.2) is 30.3 Å². The molecule has 0 aromatic heterocycles. The van der Waals surface area contributed by atoms with Crippen LogP contribution in [0.4, 0.5) is 0 Å². The van der Waals surface area contributed by atoms with Crippen LogP contribution in [0, 0.1) is 17.2 Å². The predicted octanol–water partition coefficient (Wildman–Crippen LogP) is 2.88. The van der Waals surface area contributed by atoms with Crippen molar-refractivity contribution in [2.45, 2.75) is 32.1 Å². The second-order valence-corrected chi connectivity index (χ2v) is 4.43. The standard InChI is InChI=1S/C14H19NO/c1-12(2)14(11-15,9-6-10-16)13-7-4-3-5-8-13/h3-5,7-8,12,16H,6,9-10H2,1-2H3/t14-/m1/s1. The molecule has 0 radical (unpaired) electrons. The summed E-state index contributed by atoms with van der Waals surface area (Å²) < 4.78 is 0. The van der Waals surface area contributed by atoms with Gasteiger partial charge in [-0.15, -0.1) is 0 Å². The largest absolute Gasteiger partial charge is 0.396 e. The summed E-state index contributed by atoms with van der Waals surface area (Å²) in [5, 5.41) is 18.4. The monoisotopic (exact) mass is 217 g/mol. The van der Waals surface area contributed by atoms with Gasteiger partial charge in [-0.25, -0.2) is 0 Å². The SMILES string of the molecule is CC(C)[C@](C#N)(CCCO)c1ccccc1. The molecule has 0 bridgehead atoms. The van der Waals surface area contributed by atoms with E-state index in [4.69, 9.17) is 5.11 Å². The molecule has 1 atom stereocenters. The van der Waals surface area contributed by atoms with Crippen LogP contribution in [-0.4, -0.2) is 11.7 Å². The molecule has 2 heteroatoms. The van der Waals surface area contributed by atoms with E-state index in [1.165, 1.54) is 0 Å². The van der Waals surface area contributed by atoms with E-state index in [1.54, 1.807) is 0 Å². The van der Waals surface area contributed by atoms with Crippen molar-refractivity contribution in [3.63, 3.8) is 0 Å². The van der Waals surface area contributed by atoms with Gasteiger partial charge in [-0.2, -0.15) is 5.26 Å². The third-order valence-corrected chi connectivity index (χ3v) is 3.20. The van der Waals surface area contributed by atoms with Crippen LogP contribution in [-0.2, 0) is 5.41 Å². The van der Waals surface area contributed by atoms with Crippen LogP contribution in [0.3, 0.4) is 0 Å². The third kappa shape index (κ3) is 2.43. The number of aliphatic hydroxyl groups is 1. The van der Waals surface area contributed by atoms with Crippen LogP contribution in [0.1, 0.15) is 32.3 Å². The molecule has 0 spiro atoms. The van der Waals surface area contributed by atoms with Crippen LogP contribution in [0.2, 0.25) is 0 Å². The highest BCUT2D eigenvalue weighted by Gasteiger charge is 2.35. The van der Waals surface area contributed by atoms with Gasteiger partial charge in [0.05, 0.1) is 11.5 Å². The van der Waals surface area contributed by atoms with Gasteiger partial charge >= 0.3 is 0 Å². The molecule has 0 saturated carbocycles. The third-order valence-electron chi connectivity index (χ3n) is 3.20. The zero-order chi connectivity index (χ0) is 12.0. The Kier molecular flexibility index (Phi) is 4.52. The minimum absolute atomic E-state index is 0.142. The molecule has 0 saturated heterocycles. The highest BCUT2D eigenvalue weighted by Crippen LogP contribution is 2.36. The molecule has 1 aromatic carbocycles. The van der Waals surface area contributed by atoms with Crippen molar-refractivity contribution >= 4 is 0 Å². The summed E-state index contributed by atoms with van der Waals surface area (Å²) in [4.78, 5) is 0. The van der Waals surface area contributed by atoms with Crippen LogP contribution >= 0.6 is 0 Å². The second kappa shape index (κ2) is 5.67. The van der Waals surface area contributed by atoms with E-state index < -0.39 is 5.41 Å². The van der Waals surface area contributed by atoms with Crippen LogP contribution < -0.4 is 0 Å². The van der Waals surface area contributed by atoms with Crippen LogP contribution in [0.5, 0.6) is 0 Å². The molecule has 16 heavy (non-hydrogen) atoms. The summed E-state index contributed by atoms with van der Waals surface area (Å²) in [5.74, 6) is 0.242. The highest BCUT2D eigenvalue weighted by atomic mass is 16.2. The molecule has 0 heterocycles. The molecule has 0 amide bonds. The lowest BCUT2D eigenvalue weighted by Gasteiger charge is -2.31. The molecule has 0 fully saturated rings. The quantitative estimate of drug-likeness (QED) is 0.824. The van der Waals surface area contributed by atoms with Crippen LogP contribution in [0.25, 0.3) is 0 Å². The van der Waals surface area contributed by atoms with E-state index in [0.717, 1.165) is 5.56 Å². The Balaban J connectivity index is 3.09. The number of nitrogens with zero attached hydrogens (tertiary/aromatic N) is 1. The fourth-order valence-corrected chi connectivity index (χ4v) is 2.11. The van der Waals surface area contributed by atoms with Gasteiger partial charge in [0, 0.05) is 6.61 Å². The maximum atomic E-state index is 9.50. The Morgan fingerprint density at radius 1 is 1.31 bits per heavy atom. The summed E-state index contributed by atoms with van der Waals surface area (Å²) >= 11 is 0. The molecular weight excluding hydrogens is 198 g/mol. The average molecular weight is 217 g/mol. The van der Waals surface area contributed by atoms with Crippen molar-refractivity contribution in [3.05, 3.63) is 35.9 Å². The molecule has 86 valence electrons. The topological polar surface area (TPSA) is 44.0 Å². The summed E-state index contributed by atoms with van der Waals surface area (Å²) in [6.45, 7) is 4.27. The Labute approximate surface area is 97.5 Å². The first-order chi connectivity index (χ1) is 7.67. The fraction of sp³-hybridized carbons (Fsp3) is 0.500. The fourth-order valence-electron chi connectivity index (χ4n) is 2.11. The van der Waals surface area contributed by atoms with Crippen molar-refractivity contribution in [1.29, 1.82) is 5.26 Å². The Morgan fingerprint density at radius 3 is 2.38 bits per heavy atom. The summed E-state index contributed by atoms with van der Waals surface area (Å²) in [6, 6.07) is 12.3. The molecule has 0 aliphatic rings. The van der Waals surface area contributed by atoms with Crippen molar-refractivity contribution < 1.29 is 5.11 Å². The molecule has 0 aliphatic heterocycles. The molecule has 2 nitrogen and oxygen atoms in total. The molecule has 1 rings (SSSR count). The minimum Gasteiger partial charge on any atom is -0.396 e. The lowest BCUT2D eigenvalue weighted by Crippen LogP contribution is -2.31. The normalized spacial score (nSPS) is 14.4. The number of hydrogen-bond acceptors (Lipinski definition) is 2. The first kappa shape index (κ1) is 12.7. The molecule has 1 aromatic rings. The minimum atomic E-state index is -0.468. The number of hydrogen-bond donors (Lipinski definition) is 1. The van der Waals surface area contributed by atoms with Crippen molar-refractivity contribution in [2.24, 2.45) is 5.92 Å². The maximum Gasteiger partial charge on any atom is 0.0846 e. The van der Waals surface area contributed by atoms with Gasteiger partial charge in [-0.3, -0.25) is 0 Å². The Morgan fingerprint density at radius 2 is 1.94 bits per heavy atom. The summed E-state index contributed by atoms with van der Waals surface area (Å²) in [5.41, 5.74) is 0.588. The Hall–Kier alpha value is -1.33. The summed E-state index contributed by atoms with van der Waals surface area (Å²) in [6.07, 6.45) is 1.38. The van der Waals surface area contributed by atoms with E-state index in [1.807, 2.05) is 30.3 Å². The van der Waals surface area contributed by atoms with E-state index >= 15 is 0 Å². The smallest absolute Gasteiger partial charge is 0.0846 e. The second-order valence-electron chi connectivity index (χ2n) is 4.43. The predicted molar refractivity (Wildman–Crippen MR) is 64.9 cm³/mol. The van der Waals surface area contributed by atoms with Gasteiger partial charge in [-0.1, -0.05) is 44.2 Å². The van der Waals surface area contributed by atoms with E-state index in [0.29, 0.717) is 12.8 Å². The lowest BCUT2D eigenvalue weighted by atomic mass is 9.70. The van der Waals surface area contributed by atoms with Gasteiger partial charge in [0.15, 0.2) is 0 Å². The van der Waals surface area contributed by atoms with Gasteiger partial charge in [0.1, 0.15) is 0 Å². The number of nitriles is 1. The number of rotatable bonds is 5. The van der Waals surface area contributed by atoms with E-state index in [2.05, 4.69) is 19.9 Å². The zero-order valence-corrected chi connectivity index (χ0v) is 9.98. The Bertz CT molecular complexity index is 353. The van der Waals surface area contributed by atoms with Crippen molar-refractivity contribution in [2.75, 3.05) is 6.61 Å². The first-order valence-corrected chi connectivity index (χ1v) is 5.75. The van der Waals surface area contributed by atoms with E-state index in [9.17, 15) is 5.26 Å². The lowest BCUT2D eigenvalue weighted by molar-refractivity contribution is 0.257. The molecule has 0 aliphatic carbocycles. The van der Waals surface area contributed by atoms with Gasteiger partial charge < -0.3 is 5.11 Å². The van der Waals surface area contributed by atoms with Gasteiger partial charge in [-0.05, 0) is 24.3 Å². The maximum absolute atomic E-state index is 9.50. The molecule has 1 N–H and O–H groups in total. The van der Waals surface area contributed by atoms with Gasteiger partial charge in [0.2, 0.25) is 0 Å². The average Bonchev–Trinajstić information content (AvgIpc) is 2.31. The van der Waals surface area contributed by atoms with Crippen molar-refractivity contribution in [3.8, 4) is 6.07 Å². The highest BCUT2D eigenvalue weighted by molar-refractivity contribution is 5.33. The molecular formula is C14H19NO. The summed E-state index contributed by atoms with van der Waals surface area (Å²) in [7, 11) is 0. The number of benzene rings is 1. The van der Waals surface area contributed by atoms with Crippen molar-refractivity contribution in [1.82, 2.24) is 0 Å².